The topological polar surface area (TPSA) is 69.1 Å². The van der Waals surface area contributed by atoms with E-state index in [1.165, 1.54) is 0 Å². The molecule has 3 heterocycles. The minimum absolute atomic E-state index is 0. The lowest BCUT2D eigenvalue weighted by atomic mass is 10.1. The van der Waals surface area contributed by atoms with Crippen LogP contribution in [0.15, 0.2) is 61.2 Å². The van der Waals surface area contributed by atoms with Gasteiger partial charge in [0, 0.05) is 67.8 Å². The average Bonchev–Trinajstić information content (AvgIpc) is 3.54. The van der Waals surface area contributed by atoms with Gasteiger partial charge in [0.05, 0.1) is 24.5 Å². The molecule has 38 heavy (non-hydrogen) atoms. The van der Waals surface area contributed by atoms with Crippen molar-refractivity contribution in [3.63, 3.8) is 0 Å². The molecule has 0 radical (unpaired) electrons. The Morgan fingerprint density at radius 3 is 2.61 bits per heavy atom. The van der Waals surface area contributed by atoms with Crippen LogP contribution in [-0.4, -0.2) is 65.9 Å². The highest BCUT2D eigenvalue weighted by atomic mass is 79.9. The van der Waals surface area contributed by atoms with Crippen LogP contribution in [0.4, 0.5) is 5.69 Å². The molecule has 206 valence electrons. The minimum Gasteiger partial charge on any atom is -0.491 e. The molecule has 2 fully saturated rings. The zero-order valence-corrected chi connectivity index (χ0v) is 25.7. The molecule has 5 rings (SSSR count). The third-order valence-corrected chi connectivity index (χ3v) is 7.04. The first-order chi connectivity index (χ1) is 17.4. The number of carbonyl (C=O) groups is 1. The number of amides is 1. The zero-order valence-electron chi connectivity index (χ0n) is 20.8. The van der Waals surface area contributed by atoms with Gasteiger partial charge in [-0.2, -0.15) is 0 Å². The lowest BCUT2D eigenvalue weighted by Gasteiger charge is -2.35. The molecule has 1 aromatic heterocycles. The van der Waals surface area contributed by atoms with Gasteiger partial charge in [0.1, 0.15) is 18.5 Å². The lowest BCUT2D eigenvalue weighted by molar-refractivity contribution is -0.189. The molecule has 0 spiro atoms. The maximum Gasteiger partial charge on any atom is 0.219 e. The van der Waals surface area contributed by atoms with Crippen LogP contribution in [0.1, 0.15) is 12.5 Å². The van der Waals surface area contributed by atoms with Crippen LogP contribution in [0.25, 0.3) is 0 Å². The summed E-state index contributed by atoms with van der Waals surface area (Å²) in [6.07, 6.45) is 4.97. The van der Waals surface area contributed by atoms with E-state index in [0.29, 0.717) is 35.4 Å². The van der Waals surface area contributed by atoms with Crippen molar-refractivity contribution in [2.75, 3.05) is 44.3 Å². The number of nitrogens with zero attached hydrogens (tertiary/aromatic N) is 4. The SMILES string of the molecule is Br.Br.CC(=O)N1CCN(c2cccc(OCC3COC(Cn4ccnc4)(c4ccc(Cl)cc4Cl)O3)c2)CC1. The first kappa shape index (κ1) is 30.7. The Labute approximate surface area is 253 Å². The fourth-order valence-corrected chi connectivity index (χ4v) is 5.17. The van der Waals surface area contributed by atoms with Crippen molar-refractivity contribution in [2.45, 2.75) is 25.4 Å². The molecular weight excluding hydrogens is 663 g/mol. The van der Waals surface area contributed by atoms with E-state index in [1.807, 2.05) is 39.9 Å². The Morgan fingerprint density at radius 2 is 1.92 bits per heavy atom. The summed E-state index contributed by atoms with van der Waals surface area (Å²) >= 11 is 12.7. The van der Waals surface area contributed by atoms with Crippen LogP contribution in [0, 0.1) is 0 Å². The molecule has 0 aliphatic carbocycles. The Hall–Kier alpha value is -1.82. The van der Waals surface area contributed by atoms with E-state index in [-0.39, 0.29) is 46.0 Å². The van der Waals surface area contributed by atoms with E-state index in [9.17, 15) is 4.79 Å². The number of aromatic nitrogens is 2. The quantitative estimate of drug-likeness (QED) is 0.332. The van der Waals surface area contributed by atoms with Gasteiger partial charge in [-0.25, -0.2) is 4.98 Å². The second-order valence-electron chi connectivity index (χ2n) is 8.96. The van der Waals surface area contributed by atoms with E-state index in [2.05, 4.69) is 16.0 Å². The van der Waals surface area contributed by atoms with Crippen LogP contribution in [0.2, 0.25) is 10.0 Å². The first-order valence-electron chi connectivity index (χ1n) is 11.9. The van der Waals surface area contributed by atoms with Crippen LogP contribution in [0.5, 0.6) is 5.75 Å². The molecular formula is C26H30Br2Cl2N4O4. The van der Waals surface area contributed by atoms with E-state index < -0.39 is 5.79 Å². The van der Waals surface area contributed by atoms with Crippen molar-refractivity contribution in [1.82, 2.24) is 14.5 Å². The smallest absolute Gasteiger partial charge is 0.219 e. The van der Waals surface area contributed by atoms with Gasteiger partial charge in [0.2, 0.25) is 11.7 Å². The molecule has 0 bridgehead atoms. The standard InChI is InChI=1S/C26H28Cl2N4O4.2BrH/c1-19(33)31-9-11-32(12-10-31)21-3-2-4-22(14-21)34-15-23-16-35-26(36-23,17-30-8-7-29-18-30)24-6-5-20(27)13-25(24)28;;/h2-8,13-14,18,23H,9-12,15-17H2,1H3;2*1H. The van der Waals surface area contributed by atoms with Crippen molar-refractivity contribution < 1.29 is 19.0 Å². The van der Waals surface area contributed by atoms with Gasteiger partial charge in [0.25, 0.3) is 0 Å². The number of carbonyl (C=O) groups excluding carboxylic acids is 1. The first-order valence-corrected chi connectivity index (χ1v) is 12.6. The number of imidazole rings is 1. The largest absolute Gasteiger partial charge is 0.491 e. The summed E-state index contributed by atoms with van der Waals surface area (Å²) < 4.78 is 20.7. The van der Waals surface area contributed by atoms with Crippen LogP contribution in [-0.2, 0) is 26.6 Å². The van der Waals surface area contributed by atoms with Gasteiger partial charge in [-0.3, -0.25) is 4.79 Å². The monoisotopic (exact) mass is 690 g/mol. The summed E-state index contributed by atoms with van der Waals surface area (Å²) in [5.74, 6) is -0.217. The summed E-state index contributed by atoms with van der Waals surface area (Å²) in [6.45, 7) is 5.69. The highest BCUT2D eigenvalue weighted by Gasteiger charge is 2.45. The number of piperazine rings is 1. The predicted molar refractivity (Wildman–Crippen MR) is 158 cm³/mol. The molecule has 2 aromatic carbocycles. The highest BCUT2D eigenvalue weighted by molar-refractivity contribution is 8.93. The summed E-state index contributed by atoms with van der Waals surface area (Å²) in [6, 6.07) is 13.3. The Bertz CT molecular complexity index is 1210. The zero-order chi connectivity index (χ0) is 25.1. The van der Waals surface area contributed by atoms with Crippen LogP contribution < -0.4 is 9.64 Å². The van der Waals surface area contributed by atoms with Gasteiger partial charge < -0.3 is 28.6 Å². The number of hydrogen-bond donors (Lipinski definition) is 0. The van der Waals surface area contributed by atoms with Crippen molar-refractivity contribution in [1.29, 1.82) is 0 Å². The molecule has 8 nitrogen and oxygen atoms in total. The fourth-order valence-electron chi connectivity index (χ4n) is 4.61. The Balaban J connectivity index is 0.00000200. The van der Waals surface area contributed by atoms with Gasteiger partial charge in [-0.05, 0) is 24.3 Å². The van der Waals surface area contributed by atoms with Crippen molar-refractivity contribution >= 4 is 68.8 Å². The number of anilines is 1. The number of hydrogen-bond acceptors (Lipinski definition) is 6. The second-order valence-corrected chi connectivity index (χ2v) is 9.81. The van der Waals surface area contributed by atoms with E-state index >= 15 is 0 Å². The number of rotatable bonds is 7. The molecule has 0 saturated carbocycles. The van der Waals surface area contributed by atoms with Gasteiger partial charge in [-0.15, -0.1) is 34.0 Å². The molecule has 1 amide bonds. The molecule has 12 heteroatoms. The lowest BCUT2D eigenvalue weighted by Crippen LogP contribution is -2.48. The number of halogens is 4. The maximum absolute atomic E-state index is 11.6. The average molecular weight is 693 g/mol. The van der Waals surface area contributed by atoms with Crippen molar-refractivity contribution in [2.24, 2.45) is 0 Å². The van der Waals surface area contributed by atoms with Gasteiger partial charge >= 0.3 is 0 Å². The summed E-state index contributed by atoms with van der Waals surface area (Å²) in [4.78, 5) is 19.9. The fraction of sp³-hybridized carbons (Fsp3) is 0.385. The maximum atomic E-state index is 11.6. The second kappa shape index (κ2) is 13.5. The van der Waals surface area contributed by atoms with Crippen molar-refractivity contribution in [3.05, 3.63) is 76.8 Å². The number of benzene rings is 2. The predicted octanol–water partition coefficient (Wildman–Crippen LogP) is 5.36. The summed E-state index contributed by atoms with van der Waals surface area (Å²) in [5, 5.41) is 1.02. The third kappa shape index (κ3) is 7.03. The van der Waals surface area contributed by atoms with Crippen molar-refractivity contribution in [3.8, 4) is 5.75 Å². The molecule has 2 aliphatic rings. The summed E-state index contributed by atoms with van der Waals surface area (Å²) in [5.41, 5.74) is 1.78. The molecule has 2 saturated heterocycles. The van der Waals surface area contributed by atoms with Crippen LogP contribution in [0.3, 0.4) is 0 Å². The molecule has 3 aromatic rings. The molecule has 0 N–H and O–H groups in total. The van der Waals surface area contributed by atoms with E-state index in [1.54, 1.807) is 31.6 Å². The molecule has 2 atom stereocenters. The molecule has 2 unspecified atom stereocenters. The third-order valence-electron chi connectivity index (χ3n) is 6.49. The highest BCUT2D eigenvalue weighted by Crippen LogP contribution is 2.40. The van der Waals surface area contributed by atoms with E-state index in [4.69, 9.17) is 37.4 Å². The number of ether oxygens (including phenoxy) is 3. The minimum atomic E-state index is -1.09. The normalized spacial score (nSPS) is 21.0. The van der Waals surface area contributed by atoms with E-state index in [0.717, 1.165) is 37.6 Å². The molecule has 2 aliphatic heterocycles. The summed E-state index contributed by atoms with van der Waals surface area (Å²) in [7, 11) is 0. The van der Waals surface area contributed by atoms with Gasteiger partial charge in [-0.1, -0.05) is 35.3 Å². The van der Waals surface area contributed by atoms with Crippen LogP contribution >= 0.6 is 57.2 Å². The Morgan fingerprint density at radius 1 is 1.13 bits per heavy atom. The Kier molecular flexibility index (Phi) is 10.9. The van der Waals surface area contributed by atoms with Gasteiger partial charge in [0.15, 0.2) is 0 Å².